The van der Waals surface area contributed by atoms with Gasteiger partial charge in [-0.3, -0.25) is 9.59 Å². The highest BCUT2D eigenvalue weighted by Crippen LogP contribution is 2.34. The molecule has 3 heterocycles. The summed E-state index contributed by atoms with van der Waals surface area (Å²) in [6.45, 7) is 4.32. The van der Waals surface area contributed by atoms with Crippen LogP contribution >= 0.6 is 23.1 Å². The first-order valence-corrected chi connectivity index (χ1v) is 10.8. The number of amides is 1. The van der Waals surface area contributed by atoms with Crippen molar-refractivity contribution in [3.05, 3.63) is 51.9 Å². The maximum atomic E-state index is 12.9. The third kappa shape index (κ3) is 3.43. The van der Waals surface area contributed by atoms with Gasteiger partial charge in [0.1, 0.15) is 5.52 Å². The number of aromatic nitrogens is 4. The van der Waals surface area contributed by atoms with E-state index in [0.717, 1.165) is 25.6 Å². The van der Waals surface area contributed by atoms with Gasteiger partial charge in [-0.1, -0.05) is 37.7 Å². The van der Waals surface area contributed by atoms with E-state index in [1.807, 2.05) is 31.7 Å². The molecule has 7 nitrogen and oxygen atoms in total. The van der Waals surface area contributed by atoms with Crippen LogP contribution in [0, 0.1) is 0 Å². The topological polar surface area (TPSA) is 95.8 Å². The van der Waals surface area contributed by atoms with E-state index in [-0.39, 0.29) is 5.56 Å². The highest BCUT2D eigenvalue weighted by Gasteiger charge is 2.18. The Labute approximate surface area is 170 Å². The Hall–Kier alpha value is -2.65. The Balaban J connectivity index is 0.00000109. The SMILES string of the molecule is CC.CSc1nc2c(s1)c1cnn(Cc3ccc(C(N)=O)cc3)c(=O)c1n2C. The number of benzene rings is 1. The second-order valence-corrected chi connectivity index (χ2v) is 7.88. The van der Waals surface area contributed by atoms with Gasteiger partial charge in [-0.05, 0) is 24.0 Å². The van der Waals surface area contributed by atoms with Crippen LogP contribution < -0.4 is 11.3 Å². The maximum Gasteiger partial charge on any atom is 0.291 e. The molecule has 28 heavy (non-hydrogen) atoms. The lowest BCUT2D eigenvalue weighted by molar-refractivity contribution is 0.100. The maximum absolute atomic E-state index is 12.9. The fourth-order valence-corrected chi connectivity index (χ4v) is 4.52. The molecule has 9 heteroatoms. The smallest absolute Gasteiger partial charge is 0.291 e. The van der Waals surface area contributed by atoms with Gasteiger partial charge in [-0.15, -0.1) is 11.3 Å². The molecule has 0 atom stereocenters. The molecule has 0 aliphatic rings. The lowest BCUT2D eigenvalue weighted by atomic mass is 10.1. The first-order chi connectivity index (χ1) is 13.5. The van der Waals surface area contributed by atoms with Gasteiger partial charge in [0.2, 0.25) is 5.91 Å². The number of thioether (sulfide) groups is 1. The van der Waals surface area contributed by atoms with Crippen molar-refractivity contribution in [3.63, 3.8) is 0 Å². The summed E-state index contributed by atoms with van der Waals surface area (Å²) in [6, 6.07) is 6.84. The number of hydrogen-bond donors (Lipinski definition) is 1. The highest BCUT2D eigenvalue weighted by molar-refractivity contribution is 8.00. The zero-order chi connectivity index (χ0) is 20.4. The van der Waals surface area contributed by atoms with E-state index < -0.39 is 5.91 Å². The van der Waals surface area contributed by atoms with E-state index in [0.29, 0.717) is 17.6 Å². The standard InChI is InChI=1S/C17H15N5O2S2.C2H6/c1-21-12-11(13-15(21)20-17(25-2)26-13)7-19-22(16(12)24)8-9-3-5-10(6-4-9)14(18)23;1-2/h3-7H,8H2,1-2H3,(H2,18,23);1-2H3. The summed E-state index contributed by atoms with van der Waals surface area (Å²) in [4.78, 5) is 28.7. The predicted molar refractivity (Wildman–Crippen MR) is 115 cm³/mol. The van der Waals surface area contributed by atoms with E-state index in [4.69, 9.17) is 5.73 Å². The van der Waals surface area contributed by atoms with Crippen molar-refractivity contribution in [1.29, 1.82) is 0 Å². The third-order valence-electron chi connectivity index (χ3n) is 4.25. The number of nitrogens with zero attached hydrogens (tertiary/aromatic N) is 4. The van der Waals surface area contributed by atoms with E-state index in [1.54, 1.807) is 53.6 Å². The van der Waals surface area contributed by atoms with Crippen molar-refractivity contribution in [2.45, 2.75) is 24.7 Å². The van der Waals surface area contributed by atoms with Gasteiger partial charge in [0.25, 0.3) is 5.56 Å². The Morgan fingerprint density at radius 1 is 1.25 bits per heavy atom. The van der Waals surface area contributed by atoms with Crippen LogP contribution in [0.2, 0.25) is 0 Å². The molecule has 0 spiro atoms. The summed E-state index contributed by atoms with van der Waals surface area (Å²) in [5, 5.41) is 5.15. The average Bonchev–Trinajstić information content (AvgIpc) is 3.25. The van der Waals surface area contributed by atoms with Crippen LogP contribution in [0.4, 0.5) is 0 Å². The van der Waals surface area contributed by atoms with Crippen molar-refractivity contribution in [3.8, 4) is 0 Å². The van der Waals surface area contributed by atoms with Gasteiger partial charge in [0.05, 0.1) is 17.4 Å². The van der Waals surface area contributed by atoms with Crippen LogP contribution in [-0.2, 0) is 13.6 Å². The summed E-state index contributed by atoms with van der Waals surface area (Å²) in [5.74, 6) is -0.478. The molecule has 0 saturated carbocycles. The highest BCUT2D eigenvalue weighted by atomic mass is 32.2. The number of aryl methyl sites for hydroxylation is 1. The Morgan fingerprint density at radius 2 is 1.93 bits per heavy atom. The van der Waals surface area contributed by atoms with Crippen molar-refractivity contribution in [2.24, 2.45) is 12.8 Å². The van der Waals surface area contributed by atoms with E-state index in [1.165, 1.54) is 4.68 Å². The molecule has 2 N–H and O–H groups in total. The molecule has 3 aromatic heterocycles. The molecule has 0 fully saturated rings. The Morgan fingerprint density at radius 3 is 2.54 bits per heavy atom. The molecule has 0 aliphatic carbocycles. The normalized spacial score (nSPS) is 10.9. The molecular weight excluding hydrogens is 394 g/mol. The zero-order valence-electron chi connectivity index (χ0n) is 16.1. The predicted octanol–water partition coefficient (Wildman–Crippen LogP) is 3.24. The molecule has 0 bridgehead atoms. The second-order valence-electron chi connectivity index (χ2n) is 5.83. The van der Waals surface area contributed by atoms with Crippen molar-refractivity contribution in [2.75, 3.05) is 6.26 Å². The summed E-state index contributed by atoms with van der Waals surface area (Å²) < 4.78 is 5.19. The van der Waals surface area contributed by atoms with Crippen LogP contribution in [0.15, 0.2) is 39.6 Å². The van der Waals surface area contributed by atoms with Gasteiger partial charge in [-0.2, -0.15) is 5.10 Å². The summed E-state index contributed by atoms with van der Waals surface area (Å²) in [6.07, 6.45) is 3.70. The molecule has 1 aromatic carbocycles. The molecule has 0 aliphatic heterocycles. The largest absolute Gasteiger partial charge is 0.366 e. The Kier molecular flexibility index (Phi) is 5.85. The monoisotopic (exact) mass is 415 g/mol. The number of rotatable bonds is 4. The van der Waals surface area contributed by atoms with E-state index >= 15 is 0 Å². The van der Waals surface area contributed by atoms with Crippen LogP contribution in [-0.4, -0.2) is 31.5 Å². The average molecular weight is 416 g/mol. The molecule has 4 aromatic rings. The second kappa shape index (κ2) is 8.15. The molecule has 1 amide bonds. The van der Waals surface area contributed by atoms with Gasteiger partial charge in [-0.25, -0.2) is 9.67 Å². The van der Waals surface area contributed by atoms with Crippen molar-refractivity contribution in [1.82, 2.24) is 19.3 Å². The fraction of sp³-hybridized carbons (Fsp3) is 0.263. The summed E-state index contributed by atoms with van der Waals surface area (Å²) in [5.41, 5.74) is 7.78. The number of carbonyl (C=O) groups is 1. The first kappa shape index (κ1) is 20.1. The number of thiazole rings is 1. The number of nitrogens with two attached hydrogens (primary N) is 1. The first-order valence-electron chi connectivity index (χ1n) is 8.77. The van der Waals surface area contributed by atoms with Gasteiger partial charge in [0.15, 0.2) is 9.99 Å². The number of primary amides is 1. The lowest BCUT2D eigenvalue weighted by Crippen LogP contribution is -2.24. The quantitative estimate of drug-likeness (QED) is 0.516. The molecule has 0 saturated heterocycles. The minimum absolute atomic E-state index is 0.167. The van der Waals surface area contributed by atoms with Crippen LogP contribution in [0.5, 0.6) is 0 Å². The summed E-state index contributed by atoms with van der Waals surface area (Å²) >= 11 is 3.16. The minimum Gasteiger partial charge on any atom is -0.366 e. The van der Waals surface area contributed by atoms with E-state index in [9.17, 15) is 9.59 Å². The molecular formula is C19H21N5O2S2. The van der Waals surface area contributed by atoms with Crippen LogP contribution in [0.1, 0.15) is 29.8 Å². The fourth-order valence-electron chi connectivity index (χ4n) is 2.92. The van der Waals surface area contributed by atoms with E-state index in [2.05, 4.69) is 10.1 Å². The molecule has 146 valence electrons. The number of hydrogen-bond acceptors (Lipinski definition) is 6. The molecule has 0 unspecified atom stereocenters. The van der Waals surface area contributed by atoms with Gasteiger partial charge >= 0.3 is 0 Å². The van der Waals surface area contributed by atoms with Crippen LogP contribution in [0.25, 0.3) is 21.3 Å². The lowest BCUT2D eigenvalue weighted by Gasteiger charge is -2.06. The number of carbonyl (C=O) groups excluding carboxylic acids is 1. The van der Waals surface area contributed by atoms with Crippen molar-refractivity contribution < 1.29 is 4.79 Å². The summed E-state index contributed by atoms with van der Waals surface area (Å²) in [7, 11) is 1.85. The van der Waals surface area contributed by atoms with Gasteiger partial charge in [0, 0.05) is 18.0 Å². The Bertz CT molecular complexity index is 1210. The van der Waals surface area contributed by atoms with Crippen molar-refractivity contribution >= 4 is 50.3 Å². The third-order valence-corrected chi connectivity index (χ3v) is 6.31. The molecule has 0 radical (unpaired) electrons. The minimum atomic E-state index is -0.478. The van der Waals surface area contributed by atoms with Crippen LogP contribution in [0.3, 0.4) is 0 Å². The molecule has 4 rings (SSSR count). The number of fused-ring (bicyclic) bond motifs is 3. The zero-order valence-corrected chi connectivity index (χ0v) is 17.7. The van der Waals surface area contributed by atoms with Gasteiger partial charge < -0.3 is 10.3 Å².